The van der Waals surface area contributed by atoms with Gasteiger partial charge in [-0.15, -0.1) is 0 Å². The van der Waals surface area contributed by atoms with Gasteiger partial charge >= 0.3 is 5.97 Å². The molecule has 0 spiro atoms. The van der Waals surface area contributed by atoms with Gasteiger partial charge in [-0.05, 0) is 24.3 Å². The molecule has 8 heteroatoms. The minimum Gasteiger partial charge on any atom is -0.481 e. The monoisotopic (exact) mass is 372 g/mol. The number of ether oxygens (including phenoxy) is 2. The van der Waals surface area contributed by atoms with Crippen LogP contribution in [0.3, 0.4) is 0 Å². The number of fused-ring (bicyclic) bond motifs is 2. The summed E-state index contributed by atoms with van der Waals surface area (Å²) in [4.78, 5) is 38.3. The highest BCUT2D eigenvalue weighted by Gasteiger charge is 2.53. The minimum atomic E-state index is -1.04. The molecule has 3 aliphatic rings. The molecule has 2 bridgehead atoms. The molecule has 2 N–H and O–H groups in total. The van der Waals surface area contributed by atoms with E-state index in [1.165, 1.54) is 0 Å². The van der Waals surface area contributed by atoms with Crippen LogP contribution < -0.4 is 5.32 Å². The molecule has 142 valence electrons. The maximum absolute atomic E-state index is 12.6. The molecule has 27 heavy (non-hydrogen) atoms. The zero-order valence-electron chi connectivity index (χ0n) is 14.5. The molecule has 3 heterocycles. The van der Waals surface area contributed by atoms with Crippen LogP contribution in [0.4, 0.5) is 5.69 Å². The van der Waals surface area contributed by atoms with Gasteiger partial charge in [-0.25, -0.2) is 0 Å². The van der Waals surface area contributed by atoms with Crippen LogP contribution in [0.5, 0.6) is 0 Å². The van der Waals surface area contributed by atoms with E-state index in [1.807, 2.05) is 0 Å². The number of carbonyl (C=O) groups is 3. The van der Waals surface area contributed by atoms with E-state index in [1.54, 1.807) is 41.3 Å². The number of rotatable bonds is 4. The van der Waals surface area contributed by atoms with Crippen LogP contribution in [-0.4, -0.2) is 66.3 Å². The van der Waals surface area contributed by atoms with Crippen molar-refractivity contribution in [2.45, 2.75) is 12.2 Å². The van der Waals surface area contributed by atoms with Crippen molar-refractivity contribution < 1.29 is 29.0 Å². The predicted molar refractivity (Wildman–Crippen MR) is 94.2 cm³/mol. The first-order chi connectivity index (χ1) is 13.0. The van der Waals surface area contributed by atoms with Gasteiger partial charge in [-0.1, -0.05) is 12.2 Å². The first-order valence-electron chi connectivity index (χ1n) is 8.89. The van der Waals surface area contributed by atoms with Crippen molar-refractivity contribution in [2.24, 2.45) is 11.8 Å². The van der Waals surface area contributed by atoms with Crippen molar-refractivity contribution in [1.29, 1.82) is 0 Å². The fraction of sp³-hybridized carbons (Fsp3) is 0.421. The van der Waals surface area contributed by atoms with E-state index in [-0.39, 0.29) is 5.91 Å². The van der Waals surface area contributed by atoms with Crippen LogP contribution in [0.1, 0.15) is 10.4 Å². The number of carboxylic acid groups (broad SMARTS) is 1. The summed E-state index contributed by atoms with van der Waals surface area (Å²) in [7, 11) is 0. The molecule has 4 atom stereocenters. The molecule has 0 aromatic heterocycles. The lowest BCUT2D eigenvalue weighted by Gasteiger charge is -2.27. The van der Waals surface area contributed by atoms with E-state index >= 15 is 0 Å². The molecule has 1 aromatic rings. The Bertz CT molecular complexity index is 784. The smallest absolute Gasteiger partial charge is 0.310 e. The van der Waals surface area contributed by atoms with Crippen LogP contribution in [0.25, 0.3) is 0 Å². The van der Waals surface area contributed by atoms with Crippen molar-refractivity contribution in [3.8, 4) is 0 Å². The van der Waals surface area contributed by atoms with E-state index < -0.39 is 35.9 Å². The van der Waals surface area contributed by atoms with Crippen LogP contribution in [0, 0.1) is 11.8 Å². The number of amides is 2. The fourth-order valence-corrected chi connectivity index (χ4v) is 3.79. The van der Waals surface area contributed by atoms with Gasteiger partial charge in [0.2, 0.25) is 5.91 Å². The van der Waals surface area contributed by atoms with Gasteiger partial charge in [0, 0.05) is 24.3 Å². The number of anilines is 1. The second kappa shape index (κ2) is 7.13. The van der Waals surface area contributed by atoms with Gasteiger partial charge in [-0.2, -0.15) is 0 Å². The van der Waals surface area contributed by atoms with Crippen molar-refractivity contribution >= 4 is 23.5 Å². The number of nitrogens with zero attached hydrogens (tertiary/aromatic N) is 1. The highest BCUT2D eigenvalue weighted by atomic mass is 16.5. The van der Waals surface area contributed by atoms with Crippen molar-refractivity contribution in [3.63, 3.8) is 0 Å². The van der Waals surface area contributed by atoms with E-state index in [0.717, 1.165) is 0 Å². The third-order valence-corrected chi connectivity index (χ3v) is 5.19. The van der Waals surface area contributed by atoms with E-state index in [4.69, 9.17) is 9.47 Å². The molecule has 1 aromatic carbocycles. The average Bonchev–Trinajstić information content (AvgIpc) is 3.30. The topological polar surface area (TPSA) is 105 Å². The molecule has 2 fully saturated rings. The Morgan fingerprint density at radius 2 is 1.63 bits per heavy atom. The lowest BCUT2D eigenvalue weighted by molar-refractivity contribution is -0.145. The molecule has 2 amide bonds. The summed E-state index contributed by atoms with van der Waals surface area (Å²) in [6, 6.07) is 6.59. The Hall–Kier alpha value is -2.71. The second-order valence-corrected chi connectivity index (χ2v) is 6.81. The average molecular weight is 372 g/mol. The number of benzene rings is 1. The third kappa shape index (κ3) is 3.33. The summed E-state index contributed by atoms with van der Waals surface area (Å²) < 4.78 is 10.8. The number of hydrogen-bond acceptors (Lipinski definition) is 5. The zero-order chi connectivity index (χ0) is 19.0. The summed E-state index contributed by atoms with van der Waals surface area (Å²) >= 11 is 0. The Morgan fingerprint density at radius 1 is 1.00 bits per heavy atom. The standard InChI is InChI=1S/C19H20N2O6/c22-17(15-13-5-6-14(27-13)16(15)19(24)25)20-12-3-1-11(2-4-12)18(23)21-7-9-26-10-8-21/h1-6,13-16H,7-10H2,(H,20,22)(H,24,25)/t13-,14+,15+,16+/m1/s1. The normalized spacial score (nSPS) is 29.0. The summed E-state index contributed by atoms with van der Waals surface area (Å²) in [6.45, 7) is 2.19. The zero-order valence-corrected chi connectivity index (χ0v) is 14.5. The number of nitrogens with one attached hydrogen (secondary N) is 1. The molecule has 0 unspecified atom stereocenters. The predicted octanol–water partition coefficient (Wildman–Crippen LogP) is 0.752. The van der Waals surface area contributed by atoms with Gasteiger partial charge < -0.3 is 24.8 Å². The Labute approximate surface area is 155 Å². The molecule has 0 radical (unpaired) electrons. The van der Waals surface area contributed by atoms with Gasteiger partial charge in [0.05, 0.1) is 31.3 Å². The number of hydrogen-bond donors (Lipinski definition) is 2. The molecule has 8 nitrogen and oxygen atoms in total. The molecule has 4 rings (SSSR count). The Morgan fingerprint density at radius 3 is 2.26 bits per heavy atom. The van der Waals surface area contributed by atoms with Crippen molar-refractivity contribution in [1.82, 2.24) is 4.90 Å². The van der Waals surface area contributed by atoms with E-state index in [0.29, 0.717) is 37.6 Å². The molecule has 0 saturated carbocycles. The second-order valence-electron chi connectivity index (χ2n) is 6.81. The molecular formula is C19H20N2O6. The Balaban J connectivity index is 1.42. The maximum Gasteiger partial charge on any atom is 0.310 e. The molecule has 2 saturated heterocycles. The first-order valence-corrected chi connectivity index (χ1v) is 8.89. The van der Waals surface area contributed by atoms with Crippen LogP contribution in [0.15, 0.2) is 36.4 Å². The highest BCUT2D eigenvalue weighted by Crippen LogP contribution is 2.39. The summed E-state index contributed by atoms with van der Waals surface area (Å²) in [6.07, 6.45) is 2.35. The fourth-order valence-electron chi connectivity index (χ4n) is 3.79. The quantitative estimate of drug-likeness (QED) is 0.756. The van der Waals surface area contributed by atoms with E-state index in [2.05, 4.69) is 5.32 Å². The highest BCUT2D eigenvalue weighted by molar-refractivity contribution is 5.98. The number of morpholine rings is 1. The minimum absolute atomic E-state index is 0.0752. The van der Waals surface area contributed by atoms with Gasteiger partial charge in [0.1, 0.15) is 5.92 Å². The number of carboxylic acids is 1. The van der Waals surface area contributed by atoms with Gasteiger partial charge in [-0.3, -0.25) is 14.4 Å². The lowest BCUT2D eigenvalue weighted by atomic mass is 9.82. The molecule has 3 aliphatic heterocycles. The molecular weight excluding hydrogens is 352 g/mol. The van der Waals surface area contributed by atoms with Gasteiger partial charge in [0.25, 0.3) is 5.91 Å². The first kappa shape index (κ1) is 17.7. The number of carbonyl (C=O) groups excluding carboxylic acids is 2. The summed E-state index contributed by atoms with van der Waals surface area (Å²) in [5.41, 5.74) is 1.04. The van der Waals surface area contributed by atoms with Crippen molar-refractivity contribution in [2.75, 3.05) is 31.6 Å². The Kier molecular flexibility index (Phi) is 4.67. The molecule has 0 aliphatic carbocycles. The van der Waals surface area contributed by atoms with Crippen LogP contribution in [-0.2, 0) is 19.1 Å². The SMILES string of the molecule is O=C(O)[C@@H]1[C@@H](C(=O)Nc2ccc(C(=O)N3CCOCC3)cc2)[C@H]2C=C[C@@H]1O2. The summed E-state index contributed by atoms with van der Waals surface area (Å²) in [5.74, 6) is -3.17. The number of aliphatic carboxylic acids is 1. The van der Waals surface area contributed by atoms with Crippen LogP contribution in [0.2, 0.25) is 0 Å². The lowest BCUT2D eigenvalue weighted by Crippen LogP contribution is -2.40. The van der Waals surface area contributed by atoms with Crippen molar-refractivity contribution in [3.05, 3.63) is 42.0 Å². The third-order valence-electron chi connectivity index (χ3n) is 5.19. The van der Waals surface area contributed by atoms with Crippen LogP contribution >= 0.6 is 0 Å². The van der Waals surface area contributed by atoms with Gasteiger partial charge in [0.15, 0.2) is 0 Å². The van der Waals surface area contributed by atoms with E-state index in [9.17, 15) is 19.5 Å². The maximum atomic E-state index is 12.6. The summed E-state index contributed by atoms with van der Waals surface area (Å²) in [5, 5.41) is 12.1. The largest absolute Gasteiger partial charge is 0.481 e.